The SMILES string of the molecule is CC(C)(C)OC(=O)N[C@H]1CCN(c2cccc3c2OCCO3)C1. The van der Waals surface area contributed by atoms with Gasteiger partial charge < -0.3 is 24.4 Å². The van der Waals surface area contributed by atoms with Crippen LogP contribution in [0.15, 0.2) is 18.2 Å². The molecule has 0 aliphatic carbocycles. The van der Waals surface area contributed by atoms with Crippen molar-refractivity contribution in [2.75, 3.05) is 31.2 Å². The molecule has 1 aromatic rings. The minimum absolute atomic E-state index is 0.0743. The van der Waals surface area contributed by atoms with Gasteiger partial charge in [0.2, 0.25) is 0 Å². The average Bonchev–Trinajstić information content (AvgIpc) is 2.92. The van der Waals surface area contributed by atoms with Crippen molar-refractivity contribution in [2.24, 2.45) is 0 Å². The van der Waals surface area contributed by atoms with Crippen LogP contribution in [0.25, 0.3) is 0 Å². The van der Waals surface area contributed by atoms with Crippen molar-refractivity contribution >= 4 is 11.8 Å². The van der Waals surface area contributed by atoms with E-state index in [1.165, 1.54) is 0 Å². The van der Waals surface area contributed by atoms with E-state index >= 15 is 0 Å². The number of para-hydroxylation sites is 1. The highest BCUT2D eigenvalue weighted by Gasteiger charge is 2.29. The first-order valence-corrected chi connectivity index (χ1v) is 8.05. The van der Waals surface area contributed by atoms with Gasteiger partial charge in [-0.3, -0.25) is 0 Å². The van der Waals surface area contributed by atoms with E-state index < -0.39 is 5.60 Å². The number of nitrogens with zero attached hydrogens (tertiary/aromatic N) is 1. The highest BCUT2D eigenvalue weighted by atomic mass is 16.6. The van der Waals surface area contributed by atoms with Crippen molar-refractivity contribution in [3.05, 3.63) is 18.2 Å². The standard InChI is InChI=1S/C17H24N2O4/c1-17(2,3)23-16(20)18-12-7-8-19(11-12)13-5-4-6-14-15(13)22-10-9-21-14/h4-6,12H,7-11H2,1-3H3,(H,18,20)/t12-/m0/s1. The normalized spacial score (nSPS) is 20.3. The van der Waals surface area contributed by atoms with Crippen LogP contribution in [-0.2, 0) is 4.74 Å². The third-order valence-corrected chi connectivity index (χ3v) is 3.80. The Bertz CT molecular complexity index is 582. The summed E-state index contributed by atoms with van der Waals surface area (Å²) in [7, 11) is 0. The lowest BCUT2D eigenvalue weighted by atomic mass is 10.2. The zero-order chi connectivity index (χ0) is 16.4. The number of hydrogen-bond acceptors (Lipinski definition) is 5. The number of nitrogens with one attached hydrogen (secondary N) is 1. The minimum Gasteiger partial charge on any atom is -0.486 e. The second-order valence-corrected chi connectivity index (χ2v) is 6.88. The van der Waals surface area contributed by atoms with Gasteiger partial charge in [0.15, 0.2) is 11.5 Å². The molecule has 1 fully saturated rings. The fourth-order valence-electron chi connectivity index (χ4n) is 2.88. The molecule has 23 heavy (non-hydrogen) atoms. The van der Waals surface area contributed by atoms with E-state index in [9.17, 15) is 4.79 Å². The van der Waals surface area contributed by atoms with Gasteiger partial charge in [-0.15, -0.1) is 0 Å². The van der Waals surface area contributed by atoms with E-state index in [-0.39, 0.29) is 12.1 Å². The quantitative estimate of drug-likeness (QED) is 0.907. The topological polar surface area (TPSA) is 60.0 Å². The highest BCUT2D eigenvalue weighted by molar-refractivity contribution is 5.69. The monoisotopic (exact) mass is 320 g/mol. The Morgan fingerprint density at radius 3 is 2.87 bits per heavy atom. The molecule has 0 saturated carbocycles. The maximum Gasteiger partial charge on any atom is 0.407 e. The van der Waals surface area contributed by atoms with Crippen molar-refractivity contribution < 1.29 is 19.0 Å². The third-order valence-electron chi connectivity index (χ3n) is 3.80. The van der Waals surface area contributed by atoms with Gasteiger partial charge in [-0.1, -0.05) is 6.07 Å². The van der Waals surface area contributed by atoms with Gasteiger partial charge in [0.1, 0.15) is 18.8 Å². The third kappa shape index (κ3) is 3.81. The Morgan fingerprint density at radius 1 is 1.30 bits per heavy atom. The number of carbonyl (C=O) groups excluding carboxylic acids is 1. The predicted octanol–water partition coefficient (Wildman–Crippen LogP) is 2.56. The molecule has 0 aromatic heterocycles. The van der Waals surface area contributed by atoms with Gasteiger partial charge in [0.25, 0.3) is 0 Å². The van der Waals surface area contributed by atoms with E-state index in [1.54, 1.807) is 0 Å². The Hall–Kier alpha value is -2.11. The van der Waals surface area contributed by atoms with Crippen molar-refractivity contribution in [2.45, 2.75) is 38.8 Å². The number of carbonyl (C=O) groups is 1. The molecule has 0 radical (unpaired) electrons. The van der Waals surface area contributed by atoms with Gasteiger partial charge in [-0.25, -0.2) is 4.79 Å². The van der Waals surface area contributed by atoms with Crippen LogP contribution in [-0.4, -0.2) is 44.0 Å². The zero-order valence-corrected chi connectivity index (χ0v) is 13.9. The van der Waals surface area contributed by atoms with Crippen LogP contribution in [0.2, 0.25) is 0 Å². The minimum atomic E-state index is -0.480. The van der Waals surface area contributed by atoms with Crippen LogP contribution in [0.5, 0.6) is 11.5 Å². The van der Waals surface area contributed by atoms with Crippen molar-refractivity contribution in [1.82, 2.24) is 5.32 Å². The molecule has 0 bridgehead atoms. The summed E-state index contributed by atoms with van der Waals surface area (Å²) >= 11 is 0. The van der Waals surface area contributed by atoms with Crippen molar-refractivity contribution in [3.63, 3.8) is 0 Å². The number of ether oxygens (including phenoxy) is 3. The van der Waals surface area contributed by atoms with Gasteiger partial charge in [0.05, 0.1) is 11.7 Å². The number of amides is 1. The lowest BCUT2D eigenvalue weighted by molar-refractivity contribution is 0.0509. The van der Waals surface area contributed by atoms with Crippen LogP contribution in [0.4, 0.5) is 10.5 Å². The number of hydrogen-bond donors (Lipinski definition) is 1. The summed E-state index contributed by atoms with van der Waals surface area (Å²) in [6.45, 7) is 8.33. The second-order valence-electron chi connectivity index (χ2n) is 6.88. The van der Waals surface area contributed by atoms with Gasteiger partial charge >= 0.3 is 6.09 Å². The molecule has 1 saturated heterocycles. The Labute approximate surface area is 136 Å². The average molecular weight is 320 g/mol. The van der Waals surface area contributed by atoms with E-state index in [0.29, 0.717) is 13.2 Å². The fraction of sp³-hybridized carbons (Fsp3) is 0.588. The van der Waals surface area contributed by atoms with Gasteiger partial charge in [-0.05, 0) is 39.3 Å². The van der Waals surface area contributed by atoms with E-state index in [1.807, 2.05) is 39.0 Å². The lowest BCUT2D eigenvalue weighted by Gasteiger charge is -2.26. The van der Waals surface area contributed by atoms with Gasteiger partial charge in [-0.2, -0.15) is 0 Å². The number of fused-ring (bicyclic) bond motifs is 1. The first-order chi connectivity index (χ1) is 10.9. The molecule has 6 nitrogen and oxygen atoms in total. The van der Waals surface area contributed by atoms with Crippen LogP contribution >= 0.6 is 0 Å². The molecule has 1 N–H and O–H groups in total. The smallest absolute Gasteiger partial charge is 0.407 e. The van der Waals surface area contributed by atoms with Crippen LogP contribution in [0, 0.1) is 0 Å². The highest BCUT2D eigenvalue weighted by Crippen LogP contribution is 2.40. The van der Waals surface area contributed by atoms with Crippen LogP contribution in [0.1, 0.15) is 27.2 Å². The maximum atomic E-state index is 11.9. The summed E-state index contributed by atoms with van der Waals surface area (Å²) in [5.41, 5.74) is 0.544. The Kier molecular flexibility index (Phi) is 4.24. The number of alkyl carbamates (subject to hydrolysis) is 1. The first kappa shape index (κ1) is 15.8. The molecule has 1 amide bonds. The first-order valence-electron chi connectivity index (χ1n) is 8.05. The lowest BCUT2D eigenvalue weighted by Crippen LogP contribution is -2.40. The zero-order valence-electron chi connectivity index (χ0n) is 13.9. The summed E-state index contributed by atoms with van der Waals surface area (Å²) < 4.78 is 16.7. The number of rotatable bonds is 2. The molecular formula is C17H24N2O4. The molecule has 126 valence electrons. The fourth-order valence-corrected chi connectivity index (χ4v) is 2.88. The molecule has 2 heterocycles. The summed E-state index contributed by atoms with van der Waals surface area (Å²) in [6.07, 6.45) is 0.517. The molecule has 1 aromatic carbocycles. The molecule has 6 heteroatoms. The molecule has 3 rings (SSSR count). The molecule has 2 aliphatic heterocycles. The van der Waals surface area contributed by atoms with Crippen LogP contribution in [0.3, 0.4) is 0 Å². The summed E-state index contributed by atoms with van der Waals surface area (Å²) in [6, 6.07) is 6.00. The molecule has 1 atom stereocenters. The van der Waals surface area contributed by atoms with Gasteiger partial charge in [0, 0.05) is 13.1 Å². The molecule has 2 aliphatic rings. The van der Waals surface area contributed by atoms with Crippen LogP contribution < -0.4 is 19.7 Å². The summed E-state index contributed by atoms with van der Waals surface area (Å²) in [5.74, 6) is 1.59. The number of anilines is 1. The van der Waals surface area contributed by atoms with E-state index in [4.69, 9.17) is 14.2 Å². The second kappa shape index (κ2) is 6.18. The van der Waals surface area contributed by atoms with Crippen molar-refractivity contribution in [1.29, 1.82) is 0 Å². The molecule has 0 unspecified atom stereocenters. The predicted molar refractivity (Wildman–Crippen MR) is 87.4 cm³/mol. The summed E-state index contributed by atoms with van der Waals surface area (Å²) in [4.78, 5) is 14.1. The maximum absolute atomic E-state index is 11.9. The Morgan fingerprint density at radius 2 is 2.09 bits per heavy atom. The number of benzene rings is 1. The van der Waals surface area contributed by atoms with Crippen molar-refractivity contribution in [3.8, 4) is 11.5 Å². The summed E-state index contributed by atoms with van der Waals surface area (Å²) in [5, 5.41) is 2.94. The molecular weight excluding hydrogens is 296 g/mol. The van der Waals surface area contributed by atoms with E-state index in [2.05, 4.69) is 10.2 Å². The Balaban J connectivity index is 1.63. The largest absolute Gasteiger partial charge is 0.486 e. The molecule has 0 spiro atoms. The van der Waals surface area contributed by atoms with E-state index in [0.717, 1.165) is 36.7 Å².